The Balaban J connectivity index is 1.92. The molecule has 1 saturated carbocycles. The first-order chi connectivity index (χ1) is 9.19. The quantitative estimate of drug-likeness (QED) is 0.886. The Morgan fingerprint density at radius 1 is 1.32 bits per heavy atom. The van der Waals surface area contributed by atoms with Gasteiger partial charge >= 0.3 is 0 Å². The lowest BCUT2D eigenvalue weighted by atomic mass is 9.84. The van der Waals surface area contributed by atoms with Gasteiger partial charge in [0.15, 0.2) is 0 Å². The Morgan fingerprint density at radius 3 is 2.79 bits per heavy atom. The van der Waals surface area contributed by atoms with E-state index in [-0.39, 0.29) is 0 Å². The summed E-state index contributed by atoms with van der Waals surface area (Å²) in [5.41, 5.74) is 8.53. The van der Waals surface area contributed by atoms with Crippen LogP contribution in [0.4, 0.5) is 0 Å². The molecule has 1 aromatic heterocycles. The lowest BCUT2D eigenvalue weighted by Crippen LogP contribution is -2.41. The summed E-state index contributed by atoms with van der Waals surface area (Å²) in [6.07, 6.45) is 5.14. The number of pyridine rings is 1. The zero-order valence-electron chi connectivity index (χ0n) is 12.3. The summed E-state index contributed by atoms with van der Waals surface area (Å²) in [5, 5.41) is 0. The minimum Gasteiger partial charge on any atom is -0.327 e. The average molecular weight is 261 g/mol. The SMILES string of the molecule is CCN(Cc1cccc(C)n1)CC1CCCCC1N. The van der Waals surface area contributed by atoms with Gasteiger partial charge in [0.2, 0.25) is 0 Å². The maximum atomic E-state index is 6.26. The van der Waals surface area contributed by atoms with Gasteiger partial charge in [-0.25, -0.2) is 0 Å². The number of hydrogen-bond donors (Lipinski definition) is 1. The summed E-state index contributed by atoms with van der Waals surface area (Å²) >= 11 is 0. The van der Waals surface area contributed by atoms with Crippen LogP contribution < -0.4 is 5.73 Å². The lowest BCUT2D eigenvalue weighted by molar-refractivity contribution is 0.183. The molecular weight excluding hydrogens is 234 g/mol. The maximum absolute atomic E-state index is 6.26. The molecule has 0 bridgehead atoms. The zero-order chi connectivity index (χ0) is 13.7. The highest BCUT2D eigenvalue weighted by Gasteiger charge is 2.23. The van der Waals surface area contributed by atoms with Crippen LogP contribution in [0.15, 0.2) is 18.2 Å². The van der Waals surface area contributed by atoms with Crippen molar-refractivity contribution in [3.05, 3.63) is 29.6 Å². The molecule has 2 rings (SSSR count). The van der Waals surface area contributed by atoms with Gasteiger partial charge in [0.1, 0.15) is 0 Å². The topological polar surface area (TPSA) is 42.2 Å². The van der Waals surface area contributed by atoms with Crippen LogP contribution in [0.3, 0.4) is 0 Å². The first-order valence-corrected chi connectivity index (χ1v) is 7.59. The second kappa shape index (κ2) is 7.01. The van der Waals surface area contributed by atoms with Crippen molar-refractivity contribution in [1.82, 2.24) is 9.88 Å². The predicted octanol–water partition coefficient (Wildman–Crippen LogP) is 2.73. The summed E-state index contributed by atoms with van der Waals surface area (Å²) < 4.78 is 0. The zero-order valence-corrected chi connectivity index (χ0v) is 12.3. The van der Waals surface area contributed by atoms with Crippen LogP contribution in [-0.4, -0.2) is 29.0 Å². The highest BCUT2D eigenvalue weighted by Crippen LogP contribution is 2.24. The molecule has 0 aromatic carbocycles. The van der Waals surface area contributed by atoms with Crippen LogP contribution in [0.1, 0.15) is 44.0 Å². The number of aryl methyl sites for hydroxylation is 1. The Kier molecular flexibility index (Phi) is 5.34. The third-order valence-corrected chi connectivity index (χ3v) is 4.24. The third-order valence-electron chi connectivity index (χ3n) is 4.24. The van der Waals surface area contributed by atoms with Crippen molar-refractivity contribution in [1.29, 1.82) is 0 Å². The van der Waals surface area contributed by atoms with Crippen LogP contribution in [0, 0.1) is 12.8 Å². The molecule has 106 valence electrons. The normalized spacial score (nSPS) is 23.8. The number of aromatic nitrogens is 1. The molecule has 2 atom stereocenters. The van der Waals surface area contributed by atoms with E-state index in [0.29, 0.717) is 12.0 Å². The Labute approximate surface area is 117 Å². The Hall–Kier alpha value is -0.930. The molecule has 0 aliphatic heterocycles. The highest BCUT2D eigenvalue weighted by molar-refractivity contribution is 5.09. The van der Waals surface area contributed by atoms with Gasteiger partial charge in [0.25, 0.3) is 0 Å². The van der Waals surface area contributed by atoms with Crippen molar-refractivity contribution in [2.75, 3.05) is 13.1 Å². The van der Waals surface area contributed by atoms with E-state index < -0.39 is 0 Å². The summed E-state index contributed by atoms with van der Waals surface area (Å²) in [5.74, 6) is 0.665. The monoisotopic (exact) mass is 261 g/mol. The van der Waals surface area contributed by atoms with Crippen molar-refractivity contribution in [3.8, 4) is 0 Å². The maximum Gasteiger partial charge on any atom is 0.0547 e. The minimum absolute atomic E-state index is 0.397. The number of hydrogen-bond acceptors (Lipinski definition) is 3. The van der Waals surface area contributed by atoms with Crippen molar-refractivity contribution < 1.29 is 0 Å². The van der Waals surface area contributed by atoms with Gasteiger partial charge < -0.3 is 5.73 Å². The van der Waals surface area contributed by atoms with E-state index in [9.17, 15) is 0 Å². The highest BCUT2D eigenvalue weighted by atomic mass is 15.1. The van der Waals surface area contributed by atoms with E-state index in [4.69, 9.17) is 5.73 Å². The molecule has 1 aliphatic carbocycles. The molecule has 0 spiro atoms. The second-order valence-electron chi connectivity index (χ2n) is 5.81. The molecule has 1 heterocycles. The first kappa shape index (κ1) is 14.5. The van der Waals surface area contributed by atoms with E-state index in [2.05, 4.69) is 41.9 Å². The number of rotatable bonds is 5. The van der Waals surface area contributed by atoms with Crippen molar-refractivity contribution in [2.45, 2.75) is 52.1 Å². The second-order valence-corrected chi connectivity index (χ2v) is 5.81. The van der Waals surface area contributed by atoms with E-state index in [1.807, 2.05) is 0 Å². The fourth-order valence-electron chi connectivity index (χ4n) is 3.02. The summed E-state index contributed by atoms with van der Waals surface area (Å²) in [7, 11) is 0. The molecule has 0 saturated heterocycles. The fourth-order valence-corrected chi connectivity index (χ4v) is 3.02. The summed E-state index contributed by atoms with van der Waals surface area (Å²) in [4.78, 5) is 7.08. The van der Waals surface area contributed by atoms with Crippen LogP contribution in [0.25, 0.3) is 0 Å². The fraction of sp³-hybridized carbons (Fsp3) is 0.688. The molecular formula is C16H27N3. The summed E-state index contributed by atoms with van der Waals surface area (Å²) in [6, 6.07) is 6.67. The van der Waals surface area contributed by atoms with Crippen LogP contribution in [0.2, 0.25) is 0 Å². The first-order valence-electron chi connectivity index (χ1n) is 7.59. The van der Waals surface area contributed by atoms with Crippen molar-refractivity contribution in [2.24, 2.45) is 11.7 Å². The average Bonchev–Trinajstić information content (AvgIpc) is 2.40. The minimum atomic E-state index is 0.397. The molecule has 1 aliphatic rings. The van der Waals surface area contributed by atoms with E-state index >= 15 is 0 Å². The van der Waals surface area contributed by atoms with Gasteiger partial charge in [-0.2, -0.15) is 0 Å². The van der Waals surface area contributed by atoms with Gasteiger partial charge in [-0.05, 0) is 44.4 Å². The van der Waals surface area contributed by atoms with Gasteiger partial charge in [0.05, 0.1) is 5.69 Å². The van der Waals surface area contributed by atoms with Gasteiger partial charge in [0, 0.05) is 24.8 Å². The molecule has 3 heteroatoms. The summed E-state index contributed by atoms with van der Waals surface area (Å²) in [6.45, 7) is 7.41. The Bertz CT molecular complexity index is 391. The van der Waals surface area contributed by atoms with Crippen LogP contribution in [-0.2, 0) is 6.54 Å². The van der Waals surface area contributed by atoms with Crippen LogP contribution >= 0.6 is 0 Å². The Morgan fingerprint density at radius 2 is 2.11 bits per heavy atom. The lowest BCUT2D eigenvalue weighted by Gasteiger charge is -2.33. The van der Waals surface area contributed by atoms with E-state index in [0.717, 1.165) is 25.3 Å². The number of nitrogens with two attached hydrogens (primary N) is 1. The number of nitrogens with zero attached hydrogens (tertiary/aromatic N) is 2. The predicted molar refractivity (Wildman–Crippen MR) is 79.9 cm³/mol. The molecule has 1 aromatic rings. The van der Waals surface area contributed by atoms with Gasteiger partial charge in [-0.3, -0.25) is 9.88 Å². The van der Waals surface area contributed by atoms with Gasteiger partial charge in [-0.1, -0.05) is 25.8 Å². The molecule has 0 radical (unpaired) electrons. The third kappa shape index (κ3) is 4.29. The van der Waals surface area contributed by atoms with E-state index in [1.54, 1.807) is 0 Å². The molecule has 19 heavy (non-hydrogen) atoms. The standard InChI is InChI=1S/C16H27N3/c1-3-19(11-14-8-4-5-10-16(14)17)12-15-9-6-7-13(2)18-15/h6-7,9,14,16H,3-5,8,10-12,17H2,1-2H3. The molecule has 0 amide bonds. The van der Waals surface area contributed by atoms with Crippen LogP contribution in [0.5, 0.6) is 0 Å². The smallest absolute Gasteiger partial charge is 0.0547 e. The van der Waals surface area contributed by atoms with Gasteiger partial charge in [-0.15, -0.1) is 0 Å². The molecule has 1 fully saturated rings. The molecule has 3 nitrogen and oxygen atoms in total. The van der Waals surface area contributed by atoms with E-state index in [1.165, 1.54) is 31.4 Å². The van der Waals surface area contributed by atoms with Crippen molar-refractivity contribution in [3.63, 3.8) is 0 Å². The molecule has 2 unspecified atom stereocenters. The molecule has 2 N–H and O–H groups in total. The largest absolute Gasteiger partial charge is 0.327 e. The van der Waals surface area contributed by atoms with Crippen molar-refractivity contribution >= 4 is 0 Å².